The average molecular weight is 386 g/mol. The molecule has 3 aromatic rings. The van der Waals surface area contributed by atoms with Gasteiger partial charge in [0.05, 0.1) is 12.8 Å². The molecule has 1 heterocycles. The topological polar surface area (TPSA) is 36.9 Å². The molecule has 0 aliphatic carbocycles. The SMILES string of the molecule is COc1cc(N2CCCCC2)ccc1C=Nc1ccc(Nc2ccccc2)cc1. The lowest BCUT2D eigenvalue weighted by Gasteiger charge is -2.29. The summed E-state index contributed by atoms with van der Waals surface area (Å²) in [5.41, 5.74) is 5.24. The fourth-order valence-electron chi connectivity index (χ4n) is 3.62. The molecule has 4 nitrogen and oxygen atoms in total. The van der Waals surface area contributed by atoms with E-state index in [1.165, 1.54) is 24.9 Å². The molecule has 0 amide bonds. The van der Waals surface area contributed by atoms with Crippen LogP contribution in [0.25, 0.3) is 0 Å². The number of methoxy groups -OCH3 is 1. The van der Waals surface area contributed by atoms with Crippen molar-refractivity contribution in [2.24, 2.45) is 4.99 Å². The van der Waals surface area contributed by atoms with Crippen LogP contribution in [0.4, 0.5) is 22.7 Å². The molecule has 1 aliphatic rings. The van der Waals surface area contributed by atoms with Crippen LogP contribution in [-0.2, 0) is 0 Å². The highest BCUT2D eigenvalue weighted by molar-refractivity contribution is 5.86. The van der Waals surface area contributed by atoms with E-state index in [1.807, 2.05) is 60.8 Å². The second kappa shape index (κ2) is 9.28. The Morgan fingerprint density at radius 1 is 0.862 bits per heavy atom. The fraction of sp³-hybridized carbons (Fsp3) is 0.240. The second-order valence-electron chi connectivity index (χ2n) is 7.27. The first-order valence-corrected chi connectivity index (χ1v) is 10.2. The Hall–Kier alpha value is -3.27. The van der Waals surface area contributed by atoms with Crippen LogP contribution in [0.2, 0.25) is 0 Å². The maximum absolute atomic E-state index is 5.62. The number of hydrogen-bond acceptors (Lipinski definition) is 4. The molecule has 4 heteroatoms. The fourth-order valence-corrected chi connectivity index (χ4v) is 3.62. The number of ether oxygens (including phenoxy) is 1. The predicted molar refractivity (Wildman–Crippen MR) is 122 cm³/mol. The molecular weight excluding hydrogens is 358 g/mol. The first-order chi connectivity index (χ1) is 14.3. The minimum atomic E-state index is 0.860. The van der Waals surface area contributed by atoms with E-state index in [4.69, 9.17) is 4.74 Å². The van der Waals surface area contributed by atoms with Crippen molar-refractivity contribution in [3.8, 4) is 5.75 Å². The van der Waals surface area contributed by atoms with Crippen LogP contribution >= 0.6 is 0 Å². The smallest absolute Gasteiger partial charge is 0.129 e. The van der Waals surface area contributed by atoms with Gasteiger partial charge >= 0.3 is 0 Å². The molecule has 0 bridgehead atoms. The summed E-state index contributed by atoms with van der Waals surface area (Å²) in [5.74, 6) is 0.860. The van der Waals surface area contributed by atoms with Gasteiger partial charge in [-0.05, 0) is 67.8 Å². The van der Waals surface area contributed by atoms with E-state index < -0.39 is 0 Å². The monoisotopic (exact) mass is 385 g/mol. The molecule has 0 unspecified atom stereocenters. The van der Waals surface area contributed by atoms with Crippen LogP contribution in [0.15, 0.2) is 77.8 Å². The zero-order valence-electron chi connectivity index (χ0n) is 16.8. The maximum atomic E-state index is 5.62. The molecule has 1 N–H and O–H groups in total. The van der Waals surface area contributed by atoms with E-state index in [0.29, 0.717) is 0 Å². The summed E-state index contributed by atoms with van der Waals surface area (Å²) in [7, 11) is 1.72. The van der Waals surface area contributed by atoms with Crippen LogP contribution in [-0.4, -0.2) is 26.4 Å². The summed E-state index contributed by atoms with van der Waals surface area (Å²) < 4.78 is 5.62. The standard InChI is InChI=1S/C25H27N3O/c1-29-25-18-24(28-16-6-3-7-17-28)15-10-20(25)19-26-21-11-13-23(14-12-21)27-22-8-4-2-5-9-22/h2,4-5,8-15,18-19,27H,3,6-7,16-17H2,1H3. The highest BCUT2D eigenvalue weighted by Crippen LogP contribution is 2.27. The van der Waals surface area contributed by atoms with Crippen LogP contribution in [0.1, 0.15) is 24.8 Å². The van der Waals surface area contributed by atoms with Crippen molar-refractivity contribution in [1.82, 2.24) is 0 Å². The molecule has 0 spiro atoms. The number of aliphatic imine (C=N–C) groups is 1. The van der Waals surface area contributed by atoms with E-state index in [1.54, 1.807) is 7.11 Å². The highest BCUT2D eigenvalue weighted by atomic mass is 16.5. The lowest BCUT2D eigenvalue weighted by atomic mass is 10.1. The Kier molecular flexibility index (Phi) is 6.10. The van der Waals surface area contributed by atoms with Crippen LogP contribution in [0, 0.1) is 0 Å². The van der Waals surface area contributed by atoms with Gasteiger partial charge in [0, 0.05) is 48.0 Å². The quantitative estimate of drug-likeness (QED) is 0.515. The summed E-state index contributed by atoms with van der Waals surface area (Å²) in [6, 6.07) is 24.6. The van der Waals surface area contributed by atoms with Crippen molar-refractivity contribution in [2.75, 3.05) is 30.4 Å². The molecular formula is C25H27N3O. The first kappa shape index (κ1) is 19.1. The van der Waals surface area contributed by atoms with Crippen molar-refractivity contribution in [2.45, 2.75) is 19.3 Å². The minimum Gasteiger partial charge on any atom is -0.496 e. The van der Waals surface area contributed by atoms with Crippen molar-refractivity contribution in [3.63, 3.8) is 0 Å². The van der Waals surface area contributed by atoms with Gasteiger partial charge in [-0.3, -0.25) is 4.99 Å². The Labute approximate surface area is 172 Å². The van der Waals surface area contributed by atoms with Gasteiger partial charge in [0.2, 0.25) is 0 Å². The molecule has 0 atom stereocenters. The van der Waals surface area contributed by atoms with Gasteiger partial charge in [-0.25, -0.2) is 0 Å². The summed E-state index contributed by atoms with van der Waals surface area (Å²) in [4.78, 5) is 7.06. The Balaban J connectivity index is 1.45. The van der Waals surface area contributed by atoms with E-state index in [0.717, 1.165) is 41.5 Å². The van der Waals surface area contributed by atoms with Crippen molar-refractivity contribution in [3.05, 3.63) is 78.4 Å². The Morgan fingerprint density at radius 3 is 2.31 bits per heavy atom. The summed E-state index contributed by atoms with van der Waals surface area (Å²) in [5, 5.41) is 3.38. The molecule has 0 aromatic heterocycles. The van der Waals surface area contributed by atoms with Gasteiger partial charge in [-0.15, -0.1) is 0 Å². The third kappa shape index (κ3) is 4.96. The van der Waals surface area contributed by atoms with Gasteiger partial charge in [0.1, 0.15) is 5.75 Å². The van der Waals surface area contributed by atoms with Crippen LogP contribution in [0.5, 0.6) is 5.75 Å². The number of piperidine rings is 1. The molecule has 0 radical (unpaired) electrons. The lowest BCUT2D eigenvalue weighted by Crippen LogP contribution is -2.29. The maximum Gasteiger partial charge on any atom is 0.129 e. The number of nitrogens with one attached hydrogen (secondary N) is 1. The number of rotatable bonds is 6. The van der Waals surface area contributed by atoms with E-state index in [2.05, 4.69) is 33.4 Å². The third-order valence-corrected chi connectivity index (χ3v) is 5.22. The van der Waals surface area contributed by atoms with Gasteiger partial charge in [-0.2, -0.15) is 0 Å². The number of nitrogens with zero attached hydrogens (tertiary/aromatic N) is 2. The molecule has 148 valence electrons. The Bertz CT molecular complexity index is 946. The van der Waals surface area contributed by atoms with Gasteiger partial charge in [0.15, 0.2) is 0 Å². The first-order valence-electron chi connectivity index (χ1n) is 10.2. The summed E-state index contributed by atoms with van der Waals surface area (Å²) in [6.07, 6.45) is 5.73. The molecule has 0 saturated carbocycles. The van der Waals surface area contributed by atoms with Crippen LogP contribution < -0.4 is 15.0 Å². The van der Waals surface area contributed by atoms with Crippen LogP contribution in [0.3, 0.4) is 0 Å². The zero-order valence-corrected chi connectivity index (χ0v) is 16.8. The van der Waals surface area contributed by atoms with Crippen molar-refractivity contribution >= 4 is 29.0 Å². The molecule has 1 saturated heterocycles. The largest absolute Gasteiger partial charge is 0.496 e. The molecule has 1 fully saturated rings. The summed E-state index contributed by atoms with van der Waals surface area (Å²) >= 11 is 0. The number of benzene rings is 3. The molecule has 3 aromatic carbocycles. The molecule has 29 heavy (non-hydrogen) atoms. The molecule has 1 aliphatic heterocycles. The zero-order chi connectivity index (χ0) is 19.9. The summed E-state index contributed by atoms with van der Waals surface area (Å²) in [6.45, 7) is 2.25. The van der Waals surface area contributed by atoms with E-state index in [-0.39, 0.29) is 0 Å². The van der Waals surface area contributed by atoms with Gasteiger partial charge in [0.25, 0.3) is 0 Å². The van der Waals surface area contributed by atoms with Crippen molar-refractivity contribution in [1.29, 1.82) is 0 Å². The van der Waals surface area contributed by atoms with Gasteiger partial charge in [-0.1, -0.05) is 18.2 Å². The normalized spacial score (nSPS) is 14.2. The average Bonchev–Trinajstić information content (AvgIpc) is 2.80. The van der Waals surface area contributed by atoms with Gasteiger partial charge < -0.3 is 15.0 Å². The Morgan fingerprint density at radius 2 is 1.59 bits per heavy atom. The predicted octanol–water partition coefficient (Wildman–Crippen LogP) is 6.18. The van der Waals surface area contributed by atoms with E-state index >= 15 is 0 Å². The number of hydrogen-bond donors (Lipinski definition) is 1. The second-order valence-corrected chi connectivity index (χ2v) is 7.27. The lowest BCUT2D eigenvalue weighted by molar-refractivity contribution is 0.414. The minimum absolute atomic E-state index is 0.860. The number of para-hydroxylation sites is 1. The highest BCUT2D eigenvalue weighted by Gasteiger charge is 2.12. The van der Waals surface area contributed by atoms with Crippen molar-refractivity contribution < 1.29 is 4.74 Å². The molecule has 4 rings (SSSR count). The number of anilines is 3. The third-order valence-electron chi connectivity index (χ3n) is 5.22. The van der Waals surface area contributed by atoms with E-state index in [9.17, 15) is 0 Å².